The second kappa shape index (κ2) is 9.30. The van der Waals surface area contributed by atoms with Crippen LogP contribution in [0.1, 0.15) is 47.6 Å². The van der Waals surface area contributed by atoms with E-state index in [1.165, 1.54) is 12.8 Å². The molecule has 2 aliphatic heterocycles. The molecule has 1 N–H and O–H groups in total. The van der Waals surface area contributed by atoms with Gasteiger partial charge in [-0.2, -0.15) is 0 Å². The molecule has 2 amide bonds. The van der Waals surface area contributed by atoms with Crippen molar-refractivity contribution < 1.29 is 14.3 Å². The standard InChI is InChI=1S/C24H29N3O3/c1-30-22-11-3-2-10-20(22)21(26-13-4-5-14-26)17-25-24(29)18-8-6-9-19(16-18)27-15-7-12-23(27)28/h2-3,6,8-11,16,21H,4-5,7,12-15,17H2,1H3,(H,25,29)/t21-/m1/s1. The van der Waals surface area contributed by atoms with Gasteiger partial charge in [-0.3, -0.25) is 14.5 Å². The van der Waals surface area contributed by atoms with E-state index in [1.54, 1.807) is 18.1 Å². The van der Waals surface area contributed by atoms with Crippen molar-refractivity contribution in [1.29, 1.82) is 0 Å². The van der Waals surface area contributed by atoms with Crippen LogP contribution in [0.5, 0.6) is 5.75 Å². The van der Waals surface area contributed by atoms with Gasteiger partial charge in [-0.15, -0.1) is 0 Å². The molecule has 2 heterocycles. The van der Waals surface area contributed by atoms with Crippen LogP contribution in [0.3, 0.4) is 0 Å². The van der Waals surface area contributed by atoms with E-state index in [0.29, 0.717) is 18.5 Å². The smallest absolute Gasteiger partial charge is 0.251 e. The summed E-state index contributed by atoms with van der Waals surface area (Å²) in [5.74, 6) is 0.846. The largest absolute Gasteiger partial charge is 0.496 e. The van der Waals surface area contributed by atoms with Crippen molar-refractivity contribution in [2.45, 2.75) is 31.7 Å². The lowest BCUT2D eigenvalue weighted by Gasteiger charge is -2.29. The van der Waals surface area contributed by atoms with Crippen LogP contribution in [-0.4, -0.2) is 50.0 Å². The van der Waals surface area contributed by atoms with Gasteiger partial charge in [0.1, 0.15) is 5.75 Å². The SMILES string of the molecule is COc1ccccc1[C@@H](CNC(=O)c1cccc(N2CCCC2=O)c1)N1CCCC1. The van der Waals surface area contributed by atoms with E-state index in [4.69, 9.17) is 4.74 Å². The summed E-state index contributed by atoms with van der Waals surface area (Å²) in [7, 11) is 1.68. The molecular weight excluding hydrogens is 378 g/mol. The monoisotopic (exact) mass is 407 g/mol. The van der Waals surface area contributed by atoms with Crippen molar-refractivity contribution >= 4 is 17.5 Å². The minimum Gasteiger partial charge on any atom is -0.496 e. The molecule has 1 atom stereocenters. The number of anilines is 1. The predicted octanol–water partition coefficient (Wildman–Crippen LogP) is 3.39. The molecule has 2 aromatic rings. The molecule has 6 nitrogen and oxygen atoms in total. The van der Waals surface area contributed by atoms with Gasteiger partial charge in [-0.1, -0.05) is 24.3 Å². The average Bonchev–Trinajstić information content (AvgIpc) is 3.46. The first kappa shape index (κ1) is 20.4. The molecule has 6 heteroatoms. The topological polar surface area (TPSA) is 61.9 Å². The van der Waals surface area contributed by atoms with Crippen molar-refractivity contribution in [3.8, 4) is 5.75 Å². The predicted molar refractivity (Wildman–Crippen MR) is 117 cm³/mol. The molecule has 2 saturated heterocycles. The summed E-state index contributed by atoms with van der Waals surface area (Å²) in [6.45, 7) is 3.26. The van der Waals surface area contributed by atoms with E-state index in [2.05, 4.69) is 16.3 Å². The molecule has 2 aliphatic rings. The maximum Gasteiger partial charge on any atom is 0.251 e. The first-order valence-electron chi connectivity index (χ1n) is 10.7. The molecule has 0 radical (unpaired) electrons. The number of para-hydroxylation sites is 1. The molecule has 0 unspecified atom stereocenters. The Morgan fingerprint density at radius 2 is 1.87 bits per heavy atom. The first-order valence-corrected chi connectivity index (χ1v) is 10.7. The number of rotatable bonds is 7. The number of likely N-dealkylation sites (tertiary alicyclic amines) is 1. The lowest BCUT2D eigenvalue weighted by molar-refractivity contribution is -0.117. The summed E-state index contributed by atoms with van der Waals surface area (Å²) in [6, 6.07) is 15.4. The minimum atomic E-state index is -0.123. The van der Waals surface area contributed by atoms with Crippen LogP contribution in [0.15, 0.2) is 48.5 Å². The number of methoxy groups -OCH3 is 1. The normalized spacial score (nSPS) is 17.9. The van der Waals surface area contributed by atoms with Gasteiger partial charge in [-0.05, 0) is 56.6 Å². The Labute approximate surface area is 177 Å². The van der Waals surface area contributed by atoms with Gasteiger partial charge < -0.3 is 15.0 Å². The van der Waals surface area contributed by atoms with Crippen molar-refractivity contribution in [3.63, 3.8) is 0 Å². The zero-order valence-electron chi connectivity index (χ0n) is 17.5. The third-order valence-electron chi connectivity index (χ3n) is 6.03. The Hall–Kier alpha value is -2.86. The Bertz CT molecular complexity index is 908. The molecular formula is C24H29N3O3. The number of amides is 2. The lowest BCUT2D eigenvalue weighted by Crippen LogP contribution is -2.37. The Kier molecular flexibility index (Phi) is 6.33. The highest BCUT2D eigenvalue weighted by atomic mass is 16.5. The van der Waals surface area contributed by atoms with Gasteiger partial charge in [0.25, 0.3) is 5.91 Å². The van der Waals surface area contributed by atoms with E-state index in [0.717, 1.165) is 43.1 Å². The quantitative estimate of drug-likeness (QED) is 0.764. The van der Waals surface area contributed by atoms with Gasteiger partial charge in [0.2, 0.25) is 5.91 Å². The number of hydrogen-bond acceptors (Lipinski definition) is 4. The number of nitrogens with one attached hydrogen (secondary N) is 1. The number of hydrogen-bond donors (Lipinski definition) is 1. The molecule has 0 saturated carbocycles. The van der Waals surface area contributed by atoms with Crippen molar-refractivity contribution in [3.05, 3.63) is 59.7 Å². The van der Waals surface area contributed by atoms with Gasteiger partial charge in [0.05, 0.1) is 13.2 Å². The van der Waals surface area contributed by atoms with Gasteiger partial charge in [-0.25, -0.2) is 0 Å². The van der Waals surface area contributed by atoms with Crippen LogP contribution in [0.2, 0.25) is 0 Å². The molecule has 4 rings (SSSR count). The number of nitrogens with zero attached hydrogens (tertiary/aromatic N) is 2. The zero-order chi connectivity index (χ0) is 20.9. The van der Waals surface area contributed by atoms with Crippen LogP contribution in [0.25, 0.3) is 0 Å². The highest BCUT2D eigenvalue weighted by Gasteiger charge is 2.27. The minimum absolute atomic E-state index is 0.0657. The van der Waals surface area contributed by atoms with E-state index in [1.807, 2.05) is 36.4 Å². The summed E-state index contributed by atoms with van der Waals surface area (Å²) in [5, 5.41) is 3.12. The van der Waals surface area contributed by atoms with E-state index < -0.39 is 0 Å². The fourth-order valence-corrected chi connectivity index (χ4v) is 4.46. The van der Waals surface area contributed by atoms with Gasteiger partial charge >= 0.3 is 0 Å². The highest BCUT2D eigenvalue weighted by molar-refractivity contribution is 5.99. The van der Waals surface area contributed by atoms with Crippen LogP contribution in [0.4, 0.5) is 5.69 Å². The second-order valence-corrected chi connectivity index (χ2v) is 7.91. The van der Waals surface area contributed by atoms with Crippen LogP contribution in [-0.2, 0) is 4.79 Å². The third-order valence-corrected chi connectivity index (χ3v) is 6.03. The average molecular weight is 408 g/mol. The summed E-state index contributed by atoms with van der Waals surface area (Å²) in [6.07, 6.45) is 3.79. The Morgan fingerprint density at radius 3 is 2.60 bits per heavy atom. The van der Waals surface area contributed by atoms with Crippen LogP contribution in [0, 0.1) is 0 Å². The number of carbonyl (C=O) groups is 2. The fraction of sp³-hybridized carbons (Fsp3) is 0.417. The van der Waals surface area contributed by atoms with Crippen LogP contribution < -0.4 is 15.0 Å². The summed E-state index contributed by atoms with van der Waals surface area (Å²) < 4.78 is 5.58. The Morgan fingerprint density at radius 1 is 1.07 bits per heavy atom. The maximum atomic E-state index is 12.9. The summed E-state index contributed by atoms with van der Waals surface area (Å²) in [4.78, 5) is 29.2. The van der Waals surface area contributed by atoms with E-state index in [-0.39, 0.29) is 17.9 Å². The van der Waals surface area contributed by atoms with Gasteiger partial charge in [0, 0.05) is 36.3 Å². The summed E-state index contributed by atoms with van der Waals surface area (Å²) >= 11 is 0. The lowest BCUT2D eigenvalue weighted by atomic mass is 10.0. The molecule has 0 spiro atoms. The zero-order valence-corrected chi connectivity index (χ0v) is 17.5. The van der Waals surface area contributed by atoms with Gasteiger partial charge in [0.15, 0.2) is 0 Å². The first-order chi connectivity index (χ1) is 14.7. The van der Waals surface area contributed by atoms with Crippen molar-refractivity contribution in [2.75, 3.05) is 38.2 Å². The number of benzene rings is 2. The number of carbonyl (C=O) groups excluding carboxylic acids is 2. The molecule has 30 heavy (non-hydrogen) atoms. The molecule has 0 aliphatic carbocycles. The molecule has 0 aromatic heterocycles. The van der Waals surface area contributed by atoms with Crippen molar-refractivity contribution in [1.82, 2.24) is 10.2 Å². The molecule has 158 valence electrons. The molecule has 0 bridgehead atoms. The van der Waals surface area contributed by atoms with E-state index in [9.17, 15) is 9.59 Å². The van der Waals surface area contributed by atoms with Crippen molar-refractivity contribution in [2.24, 2.45) is 0 Å². The fourth-order valence-electron chi connectivity index (χ4n) is 4.46. The second-order valence-electron chi connectivity index (χ2n) is 7.91. The highest BCUT2D eigenvalue weighted by Crippen LogP contribution is 2.31. The molecule has 2 aromatic carbocycles. The number of ether oxygens (including phenoxy) is 1. The molecule has 2 fully saturated rings. The maximum absolute atomic E-state index is 12.9. The Balaban J connectivity index is 1.50. The third kappa shape index (κ3) is 4.33. The van der Waals surface area contributed by atoms with Crippen LogP contribution >= 0.6 is 0 Å². The summed E-state index contributed by atoms with van der Waals surface area (Å²) in [5.41, 5.74) is 2.47. The van der Waals surface area contributed by atoms with E-state index >= 15 is 0 Å².